The van der Waals surface area contributed by atoms with Crippen molar-refractivity contribution in [3.63, 3.8) is 0 Å². The average molecular weight is 433 g/mol. The average Bonchev–Trinajstić information content (AvgIpc) is 2.78. The highest BCUT2D eigenvalue weighted by Gasteiger charge is 2.36. The van der Waals surface area contributed by atoms with Gasteiger partial charge >= 0.3 is 12.1 Å². The molecule has 31 heavy (non-hydrogen) atoms. The van der Waals surface area contributed by atoms with Crippen LogP contribution in [-0.2, 0) is 10.9 Å². The first-order valence-electron chi connectivity index (χ1n) is 10.9. The van der Waals surface area contributed by atoms with Gasteiger partial charge in [-0.05, 0) is 50.7 Å². The zero-order chi connectivity index (χ0) is 22.0. The number of ether oxygens (including phenoxy) is 1. The van der Waals surface area contributed by atoms with Gasteiger partial charge in [0.15, 0.2) is 5.82 Å². The molecule has 1 aliphatic heterocycles. The lowest BCUT2D eigenvalue weighted by atomic mass is 9.78. The second kappa shape index (κ2) is 8.85. The molecular weight excluding hydrogens is 407 g/mol. The Morgan fingerprint density at radius 1 is 1.19 bits per heavy atom. The summed E-state index contributed by atoms with van der Waals surface area (Å²) < 4.78 is 44.8. The molecule has 2 heterocycles. The molecule has 1 saturated carbocycles. The highest BCUT2D eigenvalue weighted by atomic mass is 19.4. The van der Waals surface area contributed by atoms with Crippen LogP contribution in [0.1, 0.15) is 61.4 Å². The quantitative estimate of drug-likeness (QED) is 0.596. The minimum absolute atomic E-state index is 0.173. The lowest BCUT2D eigenvalue weighted by Crippen LogP contribution is -2.48. The van der Waals surface area contributed by atoms with Crippen LogP contribution in [0.15, 0.2) is 30.5 Å². The van der Waals surface area contributed by atoms with Gasteiger partial charge < -0.3 is 9.64 Å². The summed E-state index contributed by atoms with van der Waals surface area (Å²) >= 11 is 0. The van der Waals surface area contributed by atoms with E-state index in [1.165, 1.54) is 18.7 Å². The number of hydrogen-bond acceptors (Lipinski definition) is 5. The smallest absolute Gasteiger partial charge is 0.416 e. The van der Waals surface area contributed by atoms with Gasteiger partial charge in [-0.2, -0.15) is 13.2 Å². The highest BCUT2D eigenvalue weighted by Crippen LogP contribution is 2.39. The molecule has 2 atom stereocenters. The van der Waals surface area contributed by atoms with E-state index in [9.17, 15) is 18.0 Å². The molecule has 0 unspecified atom stereocenters. The van der Waals surface area contributed by atoms with E-state index >= 15 is 0 Å². The monoisotopic (exact) mass is 433 g/mol. The van der Waals surface area contributed by atoms with Gasteiger partial charge in [-0.25, -0.2) is 14.8 Å². The Balaban J connectivity index is 1.77. The van der Waals surface area contributed by atoms with E-state index in [4.69, 9.17) is 4.74 Å². The number of alkyl halides is 3. The zero-order valence-corrected chi connectivity index (χ0v) is 17.5. The van der Waals surface area contributed by atoms with Crippen LogP contribution in [0.4, 0.5) is 19.0 Å². The number of piperidine rings is 1. The summed E-state index contributed by atoms with van der Waals surface area (Å²) in [5, 5.41) is 0. The molecular formula is C23H26F3N3O2. The normalized spacial score (nSPS) is 21.5. The van der Waals surface area contributed by atoms with Crippen LogP contribution in [0.2, 0.25) is 0 Å². The molecule has 0 radical (unpaired) electrons. The Hall–Kier alpha value is -2.64. The maximum atomic E-state index is 13.2. The topological polar surface area (TPSA) is 55.3 Å². The molecule has 0 N–H and O–H groups in total. The molecule has 8 heteroatoms. The number of anilines is 1. The molecule has 1 aliphatic carbocycles. The van der Waals surface area contributed by atoms with Crippen LogP contribution in [0.3, 0.4) is 0 Å². The van der Waals surface area contributed by atoms with Crippen molar-refractivity contribution in [2.45, 2.75) is 57.7 Å². The maximum Gasteiger partial charge on any atom is 0.416 e. The first kappa shape index (κ1) is 21.6. The highest BCUT2D eigenvalue weighted by molar-refractivity contribution is 5.95. The fraction of sp³-hybridized carbons (Fsp3) is 0.522. The first-order valence-corrected chi connectivity index (χ1v) is 10.9. The van der Waals surface area contributed by atoms with Crippen LogP contribution in [0, 0.1) is 5.92 Å². The van der Waals surface area contributed by atoms with Crippen molar-refractivity contribution in [1.82, 2.24) is 9.97 Å². The predicted molar refractivity (Wildman–Crippen MR) is 111 cm³/mol. The van der Waals surface area contributed by atoms with Gasteiger partial charge in [0.25, 0.3) is 0 Å². The molecule has 0 amide bonds. The van der Waals surface area contributed by atoms with Crippen molar-refractivity contribution < 1.29 is 22.7 Å². The Labute approximate surface area is 179 Å². The molecule has 166 valence electrons. The molecule has 5 nitrogen and oxygen atoms in total. The maximum absolute atomic E-state index is 13.2. The van der Waals surface area contributed by atoms with E-state index in [2.05, 4.69) is 14.9 Å². The number of nitrogens with zero attached hydrogens (tertiary/aromatic N) is 3. The number of aromatic nitrogens is 2. The van der Waals surface area contributed by atoms with Gasteiger partial charge in [-0.3, -0.25) is 0 Å². The van der Waals surface area contributed by atoms with Crippen LogP contribution in [-0.4, -0.2) is 35.1 Å². The minimum atomic E-state index is -4.45. The van der Waals surface area contributed by atoms with Gasteiger partial charge in [-0.1, -0.05) is 25.0 Å². The van der Waals surface area contributed by atoms with E-state index < -0.39 is 17.7 Å². The zero-order valence-electron chi connectivity index (χ0n) is 17.5. The van der Waals surface area contributed by atoms with E-state index in [0.717, 1.165) is 50.8 Å². The Kier molecular flexibility index (Phi) is 6.16. The van der Waals surface area contributed by atoms with Gasteiger partial charge in [-0.15, -0.1) is 0 Å². The number of benzene rings is 1. The van der Waals surface area contributed by atoms with Crippen molar-refractivity contribution in [3.05, 3.63) is 41.6 Å². The molecule has 2 aliphatic rings. The molecule has 0 spiro atoms. The summed E-state index contributed by atoms with van der Waals surface area (Å²) in [6, 6.07) is 5.24. The summed E-state index contributed by atoms with van der Waals surface area (Å²) in [5.41, 5.74) is -0.220. The molecule has 4 rings (SSSR count). The Morgan fingerprint density at radius 3 is 2.74 bits per heavy atom. The van der Waals surface area contributed by atoms with Crippen molar-refractivity contribution in [2.24, 2.45) is 5.92 Å². The SMILES string of the molecule is CCOC(=O)c1cnc(-c2cccc(C(F)(F)F)c2)nc1N1CCC[C@@H]2CCCC[C@H]21. The summed E-state index contributed by atoms with van der Waals surface area (Å²) in [6.45, 7) is 2.71. The van der Waals surface area contributed by atoms with Gasteiger partial charge in [0.1, 0.15) is 11.4 Å². The minimum Gasteiger partial charge on any atom is -0.462 e. The van der Waals surface area contributed by atoms with Gasteiger partial charge in [0.05, 0.1) is 12.2 Å². The first-order chi connectivity index (χ1) is 14.9. The van der Waals surface area contributed by atoms with Crippen molar-refractivity contribution in [3.8, 4) is 11.4 Å². The predicted octanol–water partition coefficient (Wildman–Crippen LogP) is 5.50. The Bertz CT molecular complexity index is 946. The second-order valence-corrected chi connectivity index (χ2v) is 8.18. The molecule has 2 fully saturated rings. The fourth-order valence-electron chi connectivity index (χ4n) is 4.81. The molecule has 1 aromatic carbocycles. The lowest BCUT2D eigenvalue weighted by molar-refractivity contribution is -0.137. The lowest BCUT2D eigenvalue weighted by Gasteiger charge is -2.45. The van der Waals surface area contributed by atoms with E-state index in [-0.39, 0.29) is 29.6 Å². The van der Waals surface area contributed by atoms with Crippen LogP contribution < -0.4 is 4.90 Å². The number of carbonyl (C=O) groups excluding carboxylic acids is 1. The number of esters is 1. The number of fused-ring (bicyclic) bond motifs is 1. The number of carbonyl (C=O) groups is 1. The fourth-order valence-corrected chi connectivity index (χ4v) is 4.81. The van der Waals surface area contributed by atoms with Crippen LogP contribution >= 0.6 is 0 Å². The molecule has 2 aromatic rings. The van der Waals surface area contributed by atoms with Crippen molar-refractivity contribution >= 4 is 11.8 Å². The number of hydrogen-bond donors (Lipinski definition) is 0. The van der Waals surface area contributed by atoms with Crippen molar-refractivity contribution in [1.29, 1.82) is 0 Å². The number of halogens is 3. The molecule has 1 aromatic heterocycles. The summed E-state index contributed by atoms with van der Waals surface area (Å²) in [5.74, 6) is 0.681. The summed E-state index contributed by atoms with van der Waals surface area (Å²) in [6.07, 6.45) is 3.59. The number of rotatable bonds is 4. The molecule has 0 bridgehead atoms. The summed E-state index contributed by atoms with van der Waals surface area (Å²) in [7, 11) is 0. The largest absolute Gasteiger partial charge is 0.462 e. The molecule has 1 saturated heterocycles. The van der Waals surface area contributed by atoms with Crippen molar-refractivity contribution in [2.75, 3.05) is 18.1 Å². The second-order valence-electron chi connectivity index (χ2n) is 8.18. The van der Waals surface area contributed by atoms with E-state index in [0.29, 0.717) is 11.7 Å². The van der Waals surface area contributed by atoms with E-state index in [1.807, 2.05) is 0 Å². The van der Waals surface area contributed by atoms with E-state index in [1.54, 1.807) is 13.0 Å². The third-order valence-electron chi connectivity index (χ3n) is 6.23. The third kappa shape index (κ3) is 4.52. The standard InChI is InChI=1S/C23H26F3N3O2/c1-2-31-22(30)18-14-27-20(16-8-5-10-17(13-16)23(24,25)26)28-21(18)29-12-6-9-15-7-3-4-11-19(15)29/h5,8,10,13-15,19H,2-4,6-7,9,11-12H2,1H3/t15-,19+/m0/s1. The van der Waals surface area contributed by atoms with Crippen LogP contribution in [0.25, 0.3) is 11.4 Å². The van der Waals surface area contributed by atoms with Crippen LogP contribution in [0.5, 0.6) is 0 Å². The summed E-state index contributed by atoms with van der Waals surface area (Å²) in [4.78, 5) is 23.6. The Morgan fingerprint density at radius 2 is 1.97 bits per heavy atom. The van der Waals surface area contributed by atoms with Gasteiger partial charge in [0.2, 0.25) is 0 Å². The third-order valence-corrected chi connectivity index (χ3v) is 6.23. The van der Waals surface area contributed by atoms with Gasteiger partial charge in [0, 0.05) is 24.3 Å².